The summed E-state index contributed by atoms with van der Waals surface area (Å²) >= 11 is 3.41. The van der Waals surface area contributed by atoms with Crippen LogP contribution in [0, 0.1) is 0 Å². The lowest BCUT2D eigenvalue weighted by molar-refractivity contribution is -0.131. The van der Waals surface area contributed by atoms with E-state index in [-0.39, 0.29) is 17.6 Å². The molecule has 0 unspecified atom stereocenters. The Morgan fingerprint density at radius 2 is 1.77 bits per heavy atom. The van der Waals surface area contributed by atoms with Gasteiger partial charge < -0.3 is 9.88 Å². The highest BCUT2D eigenvalue weighted by Crippen LogP contribution is 2.25. The molecule has 0 atom stereocenters. The number of rotatable bonds is 3. The predicted molar refractivity (Wildman–Crippen MR) is 105 cm³/mol. The van der Waals surface area contributed by atoms with Gasteiger partial charge in [0.15, 0.2) is 0 Å². The fourth-order valence-corrected chi connectivity index (χ4v) is 3.96. The number of para-hydroxylation sites is 2. The number of nitrogens with one attached hydrogen (secondary N) is 1. The lowest BCUT2D eigenvalue weighted by Gasteiger charge is -2.32. The van der Waals surface area contributed by atoms with Gasteiger partial charge in [0.25, 0.3) is 0 Å². The van der Waals surface area contributed by atoms with Crippen LogP contribution in [0.1, 0.15) is 24.4 Å². The maximum absolute atomic E-state index is 12.6. The number of aromatic amines is 1. The Morgan fingerprint density at radius 3 is 2.50 bits per heavy atom. The number of hydrogen-bond acceptors (Lipinski definition) is 2. The monoisotopic (exact) mass is 413 g/mol. The van der Waals surface area contributed by atoms with Crippen LogP contribution in [0.3, 0.4) is 0 Å². The molecule has 1 saturated heterocycles. The fourth-order valence-electron chi connectivity index (χ4n) is 3.70. The molecule has 0 radical (unpaired) electrons. The average molecular weight is 414 g/mol. The third kappa shape index (κ3) is 3.33. The third-order valence-electron chi connectivity index (χ3n) is 5.07. The van der Waals surface area contributed by atoms with Crippen molar-refractivity contribution in [1.82, 2.24) is 14.5 Å². The molecule has 5 nitrogen and oxygen atoms in total. The maximum Gasteiger partial charge on any atom is 0.326 e. The molecule has 1 aliphatic heterocycles. The second-order valence-electron chi connectivity index (χ2n) is 6.73. The molecule has 4 rings (SSSR count). The number of aromatic nitrogens is 2. The summed E-state index contributed by atoms with van der Waals surface area (Å²) in [7, 11) is 0. The van der Waals surface area contributed by atoms with Gasteiger partial charge in [0.1, 0.15) is 0 Å². The van der Waals surface area contributed by atoms with Gasteiger partial charge >= 0.3 is 5.69 Å². The first-order valence-electron chi connectivity index (χ1n) is 8.83. The molecule has 1 N–H and O–H groups in total. The molecule has 2 aromatic carbocycles. The standard InChI is InChI=1S/C20H20BrN3O2/c21-15-7-5-14(6-8-15)13-19(25)23-11-9-16(10-12-23)24-18-4-2-1-3-17(18)22-20(24)26/h1-8,16H,9-13H2,(H,22,26). The maximum atomic E-state index is 12.6. The Kier molecular flexibility index (Phi) is 4.68. The normalized spacial score (nSPS) is 15.5. The van der Waals surface area contributed by atoms with Gasteiger partial charge in [-0.3, -0.25) is 9.36 Å². The first-order chi connectivity index (χ1) is 12.6. The minimum Gasteiger partial charge on any atom is -0.342 e. The molecular formula is C20H20BrN3O2. The van der Waals surface area contributed by atoms with Crippen LogP contribution in [-0.2, 0) is 11.2 Å². The summed E-state index contributed by atoms with van der Waals surface area (Å²) in [6, 6.07) is 15.8. The molecule has 0 bridgehead atoms. The first-order valence-corrected chi connectivity index (χ1v) is 9.62. The van der Waals surface area contributed by atoms with E-state index in [4.69, 9.17) is 0 Å². The Hall–Kier alpha value is -2.34. The number of likely N-dealkylation sites (tertiary alicyclic amines) is 1. The lowest BCUT2D eigenvalue weighted by atomic mass is 10.0. The van der Waals surface area contributed by atoms with Crippen molar-refractivity contribution in [2.75, 3.05) is 13.1 Å². The van der Waals surface area contributed by atoms with Crippen LogP contribution in [0.2, 0.25) is 0 Å². The Bertz CT molecular complexity index is 982. The van der Waals surface area contributed by atoms with Gasteiger partial charge in [-0.2, -0.15) is 0 Å². The van der Waals surface area contributed by atoms with Crippen molar-refractivity contribution < 1.29 is 4.79 Å². The van der Waals surface area contributed by atoms with Crippen molar-refractivity contribution in [3.63, 3.8) is 0 Å². The lowest BCUT2D eigenvalue weighted by Crippen LogP contribution is -2.41. The van der Waals surface area contributed by atoms with E-state index in [0.29, 0.717) is 19.5 Å². The second kappa shape index (κ2) is 7.11. The van der Waals surface area contributed by atoms with Gasteiger partial charge in [0.2, 0.25) is 5.91 Å². The van der Waals surface area contributed by atoms with Crippen LogP contribution in [0.5, 0.6) is 0 Å². The van der Waals surface area contributed by atoms with E-state index in [1.807, 2.05) is 58.0 Å². The van der Waals surface area contributed by atoms with E-state index in [0.717, 1.165) is 33.9 Å². The van der Waals surface area contributed by atoms with Crippen LogP contribution in [-0.4, -0.2) is 33.4 Å². The molecule has 6 heteroatoms. The van der Waals surface area contributed by atoms with E-state index in [2.05, 4.69) is 20.9 Å². The molecule has 134 valence electrons. The topological polar surface area (TPSA) is 58.1 Å². The Morgan fingerprint density at radius 1 is 1.08 bits per heavy atom. The number of carbonyl (C=O) groups excluding carboxylic acids is 1. The van der Waals surface area contributed by atoms with Crippen LogP contribution in [0.4, 0.5) is 0 Å². The number of halogens is 1. The van der Waals surface area contributed by atoms with Gasteiger partial charge in [-0.1, -0.05) is 40.2 Å². The van der Waals surface area contributed by atoms with Crippen LogP contribution in [0.15, 0.2) is 57.8 Å². The largest absolute Gasteiger partial charge is 0.342 e. The van der Waals surface area contributed by atoms with Crippen molar-refractivity contribution >= 4 is 32.9 Å². The molecule has 0 spiro atoms. The van der Waals surface area contributed by atoms with Gasteiger partial charge in [0, 0.05) is 23.6 Å². The van der Waals surface area contributed by atoms with Gasteiger partial charge in [-0.15, -0.1) is 0 Å². The van der Waals surface area contributed by atoms with Crippen molar-refractivity contribution in [3.05, 3.63) is 69.1 Å². The number of fused-ring (bicyclic) bond motifs is 1. The third-order valence-corrected chi connectivity index (χ3v) is 5.60. The number of nitrogens with zero attached hydrogens (tertiary/aromatic N) is 2. The second-order valence-corrected chi connectivity index (χ2v) is 7.65. The zero-order chi connectivity index (χ0) is 18.1. The van der Waals surface area contributed by atoms with Crippen LogP contribution in [0.25, 0.3) is 11.0 Å². The SMILES string of the molecule is O=C(Cc1ccc(Br)cc1)N1CCC(n2c(=O)[nH]c3ccccc32)CC1. The number of benzene rings is 2. The molecule has 1 amide bonds. The Labute approximate surface area is 159 Å². The summed E-state index contributed by atoms with van der Waals surface area (Å²) in [4.78, 5) is 29.7. The van der Waals surface area contributed by atoms with Gasteiger partial charge in [-0.05, 0) is 42.7 Å². The number of carbonyl (C=O) groups is 1. The van der Waals surface area contributed by atoms with Crippen molar-refractivity contribution in [2.45, 2.75) is 25.3 Å². The zero-order valence-corrected chi connectivity index (χ0v) is 15.9. The number of H-pyrrole nitrogens is 1. The van der Waals surface area contributed by atoms with Crippen LogP contribution < -0.4 is 5.69 Å². The number of amides is 1. The molecule has 2 heterocycles. The predicted octanol–water partition coefficient (Wildman–Crippen LogP) is 3.50. The van der Waals surface area contributed by atoms with Crippen molar-refractivity contribution in [3.8, 4) is 0 Å². The van der Waals surface area contributed by atoms with Crippen molar-refractivity contribution in [1.29, 1.82) is 0 Å². The summed E-state index contributed by atoms with van der Waals surface area (Å²) in [5.41, 5.74) is 2.77. The zero-order valence-electron chi connectivity index (χ0n) is 14.3. The molecule has 1 fully saturated rings. The summed E-state index contributed by atoms with van der Waals surface area (Å²) in [5.74, 6) is 0.150. The minimum atomic E-state index is -0.0640. The summed E-state index contributed by atoms with van der Waals surface area (Å²) in [6.07, 6.45) is 2.02. The van der Waals surface area contributed by atoms with Crippen LogP contribution >= 0.6 is 15.9 Å². The smallest absolute Gasteiger partial charge is 0.326 e. The highest BCUT2D eigenvalue weighted by Gasteiger charge is 2.25. The summed E-state index contributed by atoms with van der Waals surface area (Å²) in [6.45, 7) is 1.37. The molecule has 3 aromatic rings. The molecule has 1 aliphatic rings. The van der Waals surface area contributed by atoms with Crippen molar-refractivity contribution in [2.24, 2.45) is 0 Å². The highest BCUT2D eigenvalue weighted by molar-refractivity contribution is 9.10. The molecule has 26 heavy (non-hydrogen) atoms. The molecule has 0 saturated carbocycles. The summed E-state index contributed by atoms with van der Waals surface area (Å²) < 4.78 is 2.87. The molecule has 0 aliphatic carbocycles. The van der Waals surface area contributed by atoms with E-state index >= 15 is 0 Å². The number of imidazole rings is 1. The van der Waals surface area contributed by atoms with E-state index < -0.39 is 0 Å². The van der Waals surface area contributed by atoms with Gasteiger partial charge in [0.05, 0.1) is 17.5 Å². The van der Waals surface area contributed by atoms with Gasteiger partial charge in [-0.25, -0.2) is 4.79 Å². The fraction of sp³-hybridized carbons (Fsp3) is 0.300. The minimum absolute atomic E-state index is 0.0640. The first kappa shape index (κ1) is 17.1. The van der Waals surface area contributed by atoms with E-state index in [1.165, 1.54) is 0 Å². The quantitative estimate of drug-likeness (QED) is 0.714. The average Bonchev–Trinajstić information content (AvgIpc) is 2.99. The Balaban J connectivity index is 1.43. The van der Waals surface area contributed by atoms with E-state index in [9.17, 15) is 9.59 Å². The molecular weight excluding hydrogens is 394 g/mol. The summed E-state index contributed by atoms with van der Waals surface area (Å²) in [5, 5.41) is 0. The highest BCUT2D eigenvalue weighted by atomic mass is 79.9. The molecule has 1 aromatic heterocycles. The number of piperidine rings is 1. The van der Waals surface area contributed by atoms with E-state index in [1.54, 1.807) is 0 Å². The number of hydrogen-bond donors (Lipinski definition) is 1.